The van der Waals surface area contributed by atoms with Gasteiger partial charge in [-0.25, -0.2) is 13.1 Å². The van der Waals surface area contributed by atoms with Gasteiger partial charge in [-0.2, -0.15) is 0 Å². The Balaban J connectivity index is 1.82. The minimum absolute atomic E-state index is 0.0606. The van der Waals surface area contributed by atoms with Crippen molar-refractivity contribution in [3.8, 4) is 5.75 Å². The molecule has 4 N–H and O–H groups in total. The zero-order valence-corrected chi connectivity index (χ0v) is 14.0. The first-order valence-corrected chi connectivity index (χ1v) is 9.16. The molecule has 2 aliphatic rings. The van der Waals surface area contributed by atoms with Crippen molar-refractivity contribution in [2.45, 2.75) is 23.8 Å². The smallest absolute Gasteiger partial charge is 0.262 e. The zero-order valence-electron chi connectivity index (χ0n) is 11.6. The SMILES string of the molecule is NC(CNS(=O)(=O)c1cc2c(cc1Br)NC(=O)CO2)C1CC1. The average Bonchev–Trinajstić information content (AvgIpc) is 3.28. The van der Waals surface area contributed by atoms with Gasteiger partial charge < -0.3 is 15.8 Å². The molecule has 0 saturated heterocycles. The molecule has 0 spiro atoms. The molecule has 0 bridgehead atoms. The summed E-state index contributed by atoms with van der Waals surface area (Å²) in [7, 11) is -3.71. The number of carbonyl (C=O) groups excluding carboxylic acids is 1. The van der Waals surface area contributed by atoms with Gasteiger partial charge in [0.25, 0.3) is 5.91 Å². The molecule has 120 valence electrons. The third kappa shape index (κ3) is 3.27. The number of carbonyl (C=O) groups is 1. The van der Waals surface area contributed by atoms with Gasteiger partial charge in [0.1, 0.15) is 5.75 Å². The lowest BCUT2D eigenvalue weighted by molar-refractivity contribution is -0.118. The Labute approximate surface area is 136 Å². The minimum Gasteiger partial charge on any atom is -0.482 e. The second-order valence-corrected chi connectivity index (χ2v) is 8.06. The lowest BCUT2D eigenvalue weighted by Crippen LogP contribution is -2.38. The Morgan fingerprint density at radius 2 is 2.18 bits per heavy atom. The number of ether oxygens (including phenoxy) is 1. The van der Waals surface area contributed by atoms with Crippen LogP contribution in [-0.4, -0.2) is 33.5 Å². The van der Waals surface area contributed by atoms with E-state index in [1.165, 1.54) is 12.1 Å². The Hall–Kier alpha value is -1.16. The van der Waals surface area contributed by atoms with Crippen LogP contribution in [0.2, 0.25) is 0 Å². The van der Waals surface area contributed by atoms with E-state index in [4.69, 9.17) is 10.5 Å². The molecule has 1 heterocycles. The van der Waals surface area contributed by atoms with Gasteiger partial charge in [-0.15, -0.1) is 0 Å². The van der Waals surface area contributed by atoms with Crippen molar-refractivity contribution in [3.05, 3.63) is 16.6 Å². The molecule has 7 nitrogen and oxygen atoms in total. The van der Waals surface area contributed by atoms with Crippen molar-refractivity contribution in [2.24, 2.45) is 11.7 Å². The number of hydrogen-bond donors (Lipinski definition) is 3. The number of fused-ring (bicyclic) bond motifs is 1. The normalized spacial score (nSPS) is 19.1. The lowest BCUT2D eigenvalue weighted by atomic mass is 10.2. The highest BCUT2D eigenvalue weighted by molar-refractivity contribution is 9.10. The maximum atomic E-state index is 12.4. The summed E-state index contributed by atoms with van der Waals surface area (Å²) >= 11 is 3.22. The van der Waals surface area contributed by atoms with Crippen LogP contribution in [0, 0.1) is 5.92 Å². The highest BCUT2D eigenvalue weighted by Crippen LogP contribution is 2.36. The number of amides is 1. The van der Waals surface area contributed by atoms with Crippen molar-refractivity contribution in [3.63, 3.8) is 0 Å². The standard InChI is InChI=1S/C13H16BrN3O4S/c14-8-3-10-11(21-6-13(18)17-10)4-12(8)22(19,20)16-5-9(15)7-1-2-7/h3-4,7,9,16H,1-2,5-6,15H2,(H,17,18). The van der Waals surface area contributed by atoms with E-state index < -0.39 is 10.0 Å². The fourth-order valence-corrected chi connectivity index (χ4v) is 4.39. The number of sulfonamides is 1. The van der Waals surface area contributed by atoms with Crippen LogP contribution in [0.5, 0.6) is 5.75 Å². The number of rotatable bonds is 5. The summed E-state index contributed by atoms with van der Waals surface area (Å²) in [6, 6.07) is 2.74. The second kappa shape index (κ2) is 5.80. The first-order chi connectivity index (χ1) is 10.4. The fraction of sp³-hybridized carbons (Fsp3) is 0.462. The summed E-state index contributed by atoms with van der Waals surface area (Å²) in [4.78, 5) is 11.3. The van der Waals surface area contributed by atoms with Gasteiger partial charge in [-0.05, 0) is 40.8 Å². The second-order valence-electron chi connectivity index (χ2n) is 5.47. The number of nitrogens with two attached hydrogens (primary N) is 1. The van der Waals surface area contributed by atoms with Crippen LogP contribution in [0.4, 0.5) is 5.69 Å². The molecule has 1 aromatic rings. The molecule has 1 aliphatic carbocycles. The van der Waals surface area contributed by atoms with Crippen LogP contribution < -0.4 is 20.5 Å². The Morgan fingerprint density at radius 3 is 2.86 bits per heavy atom. The van der Waals surface area contributed by atoms with E-state index in [1.807, 2.05) is 0 Å². The van der Waals surface area contributed by atoms with E-state index in [0.717, 1.165) is 12.8 Å². The third-order valence-electron chi connectivity index (χ3n) is 3.69. The molecular weight excluding hydrogens is 374 g/mol. The van der Waals surface area contributed by atoms with Crippen LogP contribution >= 0.6 is 15.9 Å². The van der Waals surface area contributed by atoms with E-state index in [2.05, 4.69) is 26.0 Å². The molecule has 22 heavy (non-hydrogen) atoms. The maximum absolute atomic E-state index is 12.4. The number of hydrogen-bond acceptors (Lipinski definition) is 5. The maximum Gasteiger partial charge on any atom is 0.262 e. The fourth-order valence-electron chi connectivity index (χ4n) is 2.26. The molecule has 0 radical (unpaired) electrons. The van der Waals surface area contributed by atoms with Crippen LogP contribution in [0.3, 0.4) is 0 Å². The third-order valence-corrected chi connectivity index (χ3v) is 6.08. The van der Waals surface area contributed by atoms with Crippen LogP contribution in [0.25, 0.3) is 0 Å². The molecule has 1 fully saturated rings. The molecular formula is C13H16BrN3O4S. The Bertz CT molecular complexity index is 718. The van der Waals surface area contributed by atoms with Crippen LogP contribution in [0.15, 0.2) is 21.5 Å². The van der Waals surface area contributed by atoms with Gasteiger partial charge in [0.2, 0.25) is 10.0 Å². The van der Waals surface area contributed by atoms with E-state index in [1.54, 1.807) is 0 Å². The van der Waals surface area contributed by atoms with Crippen LogP contribution in [0.1, 0.15) is 12.8 Å². The van der Waals surface area contributed by atoms with E-state index >= 15 is 0 Å². The van der Waals surface area contributed by atoms with Crippen molar-refractivity contribution < 1.29 is 17.9 Å². The Kier molecular flexibility index (Phi) is 4.15. The van der Waals surface area contributed by atoms with Gasteiger partial charge in [0.05, 0.1) is 10.6 Å². The molecule has 1 saturated carbocycles. The van der Waals surface area contributed by atoms with Gasteiger partial charge in [0.15, 0.2) is 6.61 Å². The summed E-state index contributed by atoms with van der Waals surface area (Å²) in [5.41, 5.74) is 6.36. The molecule has 9 heteroatoms. The predicted molar refractivity (Wildman–Crippen MR) is 84.2 cm³/mol. The van der Waals surface area contributed by atoms with Gasteiger partial charge in [-0.1, -0.05) is 0 Å². The quantitative estimate of drug-likeness (QED) is 0.689. The number of anilines is 1. The predicted octanol–water partition coefficient (Wildman–Crippen LogP) is 0.796. The average molecular weight is 390 g/mol. The first kappa shape index (κ1) is 15.7. The molecule has 1 amide bonds. The molecule has 1 atom stereocenters. The largest absolute Gasteiger partial charge is 0.482 e. The monoisotopic (exact) mass is 389 g/mol. The van der Waals surface area contributed by atoms with Gasteiger partial charge in [0, 0.05) is 23.1 Å². The molecule has 1 aliphatic heterocycles. The lowest BCUT2D eigenvalue weighted by Gasteiger charge is -2.20. The van der Waals surface area contributed by atoms with E-state index in [0.29, 0.717) is 21.8 Å². The van der Waals surface area contributed by atoms with Gasteiger partial charge >= 0.3 is 0 Å². The number of nitrogens with one attached hydrogen (secondary N) is 2. The minimum atomic E-state index is -3.71. The van der Waals surface area contributed by atoms with Crippen molar-refractivity contribution in [1.29, 1.82) is 0 Å². The Morgan fingerprint density at radius 1 is 1.45 bits per heavy atom. The van der Waals surface area contributed by atoms with Gasteiger partial charge in [-0.3, -0.25) is 4.79 Å². The summed E-state index contributed by atoms with van der Waals surface area (Å²) in [6.07, 6.45) is 2.11. The summed E-state index contributed by atoms with van der Waals surface area (Å²) < 4.78 is 33.0. The highest BCUT2D eigenvalue weighted by Gasteiger charge is 2.30. The summed E-state index contributed by atoms with van der Waals surface area (Å²) in [5.74, 6) is 0.464. The first-order valence-electron chi connectivity index (χ1n) is 6.88. The molecule has 3 rings (SSSR count). The number of benzene rings is 1. The van der Waals surface area contributed by atoms with E-state index in [-0.39, 0.29) is 30.0 Å². The molecule has 1 unspecified atom stereocenters. The zero-order chi connectivity index (χ0) is 15.9. The van der Waals surface area contributed by atoms with Crippen molar-refractivity contribution in [2.75, 3.05) is 18.5 Å². The van der Waals surface area contributed by atoms with Crippen LogP contribution in [-0.2, 0) is 14.8 Å². The van der Waals surface area contributed by atoms with E-state index in [9.17, 15) is 13.2 Å². The molecule has 1 aromatic carbocycles. The number of halogens is 1. The highest BCUT2D eigenvalue weighted by atomic mass is 79.9. The summed E-state index contributed by atoms with van der Waals surface area (Å²) in [6.45, 7) is 0.0716. The molecule has 0 aromatic heterocycles. The topological polar surface area (TPSA) is 111 Å². The van der Waals surface area contributed by atoms with Crippen molar-refractivity contribution in [1.82, 2.24) is 4.72 Å². The van der Waals surface area contributed by atoms with Crippen molar-refractivity contribution >= 4 is 37.5 Å². The summed E-state index contributed by atoms with van der Waals surface area (Å²) in [5, 5.41) is 2.62.